The molecule has 0 aliphatic carbocycles. The van der Waals surface area contributed by atoms with E-state index in [1.54, 1.807) is 18.3 Å². The highest BCUT2D eigenvalue weighted by Crippen LogP contribution is 2.24. The van der Waals surface area contributed by atoms with Gasteiger partial charge in [-0.1, -0.05) is 12.1 Å². The third kappa shape index (κ3) is 2.46. The van der Waals surface area contributed by atoms with Crippen LogP contribution in [0.3, 0.4) is 0 Å². The summed E-state index contributed by atoms with van der Waals surface area (Å²) in [6, 6.07) is 11.1. The Hall–Kier alpha value is -1.68. The number of nitrogens with zero attached hydrogens (tertiary/aromatic N) is 1. The molecule has 16 heavy (non-hydrogen) atoms. The molecule has 0 amide bonds. The van der Waals surface area contributed by atoms with Gasteiger partial charge in [0.15, 0.2) is 0 Å². The highest BCUT2D eigenvalue weighted by Gasteiger charge is 2.00. The lowest BCUT2D eigenvalue weighted by atomic mass is 10.3. The molecule has 1 N–H and O–H groups in total. The van der Waals surface area contributed by atoms with Gasteiger partial charge in [-0.25, -0.2) is 4.98 Å². The Morgan fingerprint density at radius 2 is 2.06 bits per heavy atom. The highest BCUT2D eigenvalue weighted by atomic mass is 79.9. The number of para-hydroxylation sites is 1. The minimum absolute atomic E-state index is 0.601. The highest BCUT2D eigenvalue weighted by molar-refractivity contribution is 9.10. The Morgan fingerprint density at radius 1 is 1.25 bits per heavy atom. The molecule has 1 aromatic carbocycles. The summed E-state index contributed by atoms with van der Waals surface area (Å²) in [7, 11) is 0. The first-order valence-corrected chi connectivity index (χ1v) is 5.51. The van der Waals surface area contributed by atoms with E-state index in [0.29, 0.717) is 11.4 Å². The number of pyridine rings is 1. The molecule has 0 fully saturated rings. The van der Waals surface area contributed by atoms with E-state index in [1.807, 2.05) is 24.3 Å². The molecule has 0 aliphatic rings. The summed E-state index contributed by atoms with van der Waals surface area (Å²) < 4.78 is 0.952. The van der Waals surface area contributed by atoms with Gasteiger partial charge >= 0.3 is 0 Å². The lowest BCUT2D eigenvalue weighted by Crippen LogP contribution is -1.95. The molecule has 0 bridgehead atoms. The van der Waals surface area contributed by atoms with Gasteiger partial charge in [0.05, 0.1) is 5.69 Å². The number of aromatic nitrogens is 1. The van der Waals surface area contributed by atoms with Gasteiger partial charge in [-0.3, -0.25) is 4.79 Å². The van der Waals surface area contributed by atoms with E-state index in [0.717, 1.165) is 16.4 Å². The normalized spacial score (nSPS) is 9.81. The van der Waals surface area contributed by atoms with Crippen molar-refractivity contribution in [1.29, 1.82) is 0 Å². The molecule has 0 unspecified atom stereocenters. The number of aldehydes is 1. The fourth-order valence-corrected chi connectivity index (χ4v) is 1.67. The van der Waals surface area contributed by atoms with E-state index in [2.05, 4.69) is 26.2 Å². The molecule has 1 aromatic heterocycles. The van der Waals surface area contributed by atoms with Crippen LogP contribution in [-0.4, -0.2) is 11.3 Å². The smallest absolute Gasteiger partial charge is 0.150 e. The van der Waals surface area contributed by atoms with Crippen LogP contribution in [-0.2, 0) is 0 Å². The fraction of sp³-hybridized carbons (Fsp3) is 0. The number of anilines is 2. The van der Waals surface area contributed by atoms with Gasteiger partial charge in [-0.2, -0.15) is 0 Å². The van der Waals surface area contributed by atoms with Crippen molar-refractivity contribution in [3.8, 4) is 0 Å². The van der Waals surface area contributed by atoms with Gasteiger partial charge < -0.3 is 5.32 Å². The first kappa shape index (κ1) is 10.8. The maximum absolute atomic E-state index is 10.6. The number of nitrogens with one attached hydrogen (secondary N) is 1. The van der Waals surface area contributed by atoms with Gasteiger partial charge in [0.2, 0.25) is 0 Å². The van der Waals surface area contributed by atoms with Crippen LogP contribution in [0.1, 0.15) is 10.4 Å². The SMILES string of the molecule is O=Cc1ccnc(Nc2ccccc2Br)c1. The van der Waals surface area contributed by atoms with Crippen molar-refractivity contribution in [3.63, 3.8) is 0 Å². The zero-order valence-corrected chi connectivity index (χ0v) is 9.94. The monoisotopic (exact) mass is 276 g/mol. The third-order valence-corrected chi connectivity index (χ3v) is 2.75. The number of carbonyl (C=O) groups is 1. The molecule has 0 radical (unpaired) electrons. The van der Waals surface area contributed by atoms with Gasteiger partial charge in [0.25, 0.3) is 0 Å². The molecule has 2 rings (SSSR count). The van der Waals surface area contributed by atoms with Crippen molar-refractivity contribution >= 4 is 33.7 Å². The van der Waals surface area contributed by atoms with Gasteiger partial charge in [0, 0.05) is 16.2 Å². The van der Waals surface area contributed by atoms with Crippen molar-refractivity contribution < 1.29 is 4.79 Å². The second-order valence-electron chi connectivity index (χ2n) is 3.20. The molecule has 1 heterocycles. The average molecular weight is 277 g/mol. The molecular weight excluding hydrogens is 268 g/mol. The standard InChI is InChI=1S/C12H9BrN2O/c13-10-3-1-2-4-11(10)15-12-7-9(8-16)5-6-14-12/h1-8H,(H,14,15). The van der Waals surface area contributed by atoms with Crippen LogP contribution in [0.25, 0.3) is 0 Å². The van der Waals surface area contributed by atoms with Gasteiger partial charge in [0.1, 0.15) is 12.1 Å². The van der Waals surface area contributed by atoms with Gasteiger partial charge in [-0.15, -0.1) is 0 Å². The topological polar surface area (TPSA) is 42.0 Å². The molecule has 0 atom stereocenters. The summed E-state index contributed by atoms with van der Waals surface area (Å²) in [4.78, 5) is 14.7. The van der Waals surface area contributed by atoms with Crippen LogP contribution < -0.4 is 5.32 Å². The lowest BCUT2D eigenvalue weighted by molar-refractivity contribution is 0.112. The summed E-state index contributed by atoms with van der Waals surface area (Å²) in [5.74, 6) is 0.650. The van der Waals surface area contributed by atoms with Crippen LogP contribution in [0.15, 0.2) is 47.1 Å². The molecule has 2 aromatic rings. The minimum atomic E-state index is 0.601. The number of halogens is 1. The van der Waals surface area contributed by atoms with Crippen LogP contribution >= 0.6 is 15.9 Å². The molecule has 80 valence electrons. The molecule has 0 saturated carbocycles. The Kier molecular flexibility index (Phi) is 3.31. The Morgan fingerprint density at radius 3 is 2.81 bits per heavy atom. The van der Waals surface area contributed by atoms with Crippen molar-refractivity contribution in [2.24, 2.45) is 0 Å². The van der Waals surface area contributed by atoms with Gasteiger partial charge in [-0.05, 0) is 40.2 Å². The van der Waals surface area contributed by atoms with Crippen LogP contribution in [0.2, 0.25) is 0 Å². The largest absolute Gasteiger partial charge is 0.339 e. The third-order valence-electron chi connectivity index (χ3n) is 2.06. The summed E-state index contributed by atoms with van der Waals surface area (Å²) in [5, 5.41) is 3.13. The quantitative estimate of drug-likeness (QED) is 0.874. The zero-order valence-electron chi connectivity index (χ0n) is 8.35. The maximum Gasteiger partial charge on any atom is 0.150 e. The number of rotatable bonds is 3. The van der Waals surface area contributed by atoms with Crippen LogP contribution in [0.4, 0.5) is 11.5 Å². The van der Waals surface area contributed by atoms with E-state index in [1.165, 1.54) is 0 Å². The molecule has 0 spiro atoms. The lowest BCUT2D eigenvalue weighted by Gasteiger charge is -2.07. The molecular formula is C12H9BrN2O. The second-order valence-corrected chi connectivity index (χ2v) is 4.05. The van der Waals surface area contributed by atoms with E-state index in [-0.39, 0.29) is 0 Å². The van der Waals surface area contributed by atoms with Crippen molar-refractivity contribution in [3.05, 3.63) is 52.6 Å². The van der Waals surface area contributed by atoms with Crippen molar-refractivity contribution in [1.82, 2.24) is 4.98 Å². The number of hydrogen-bond donors (Lipinski definition) is 1. The predicted molar refractivity (Wildman–Crippen MR) is 67.0 cm³/mol. The van der Waals surface area contributed by atoms with Crippen molar-refractivity contribution in [2.75, 3.05) is 5.32 Å². The first-order valence-electron chi connectivity index (χ1n) is 4.72. The summed E-state index contributed by atoms with van der Waals surface area (Å²) in [6.07, 6.45) is 2.40. The van der Waals surface area contributed by atoms with E-state index < -0.39 is 0 Å². The Labute approximate surface area is 102 Å². The van der Waals surface area contributed by atoms with E-state index in [4.69, 9.17) is 0 Å². The average Bonchev–Trinajstić information content (AvgIpc) is 2.32. The summed E-state index contributed by atoms with van der Waals surface area (Å²) in [5.41, 5.74) is 1.52. The predicted octanol–water partition coefficient (Wildman–Crippen LogP) is 3.40. The summed E-state index contributed by atoms with van der Waals surface area (Å²) in [6.45, 7) is 0. The van der Waals surface area contributed by atoms with Crippen LogP contribution in [0.5, 0.6) is 0 Å². The molecule has 3 nitrogen and oxygen atoms in total. The molecule has 0 aliphatic heterocycles. The Bertz CT molecular complexity index is 514. The molecule has 0 saturated heterocycles. The Balaban J connectivity index is 2.27. The van der Waals surface area contributed by atoms with Crippen molar-refractivity contribution in [2.45, 2.75) is 0 Å². The number of carbonyl (C=O) groups excluding carboxylic acids is 1. The van der Waals surface area contributed by atoms with Crippen LogP contribution in [0, 0.1) is 0 Å². The number of hydrogen-bond acceptors (Lipinski definition) is 3. The fourth-order valence-electron chi connectivity index (χ4n) is 1.29. The maximum atomic E-state index is 10.6. The number of benzene rings is 1. The molecule has 4 heteroatoms. The minimum Gasteiger partial charge on any atom is -0.339 e. The first-order chi connectivity index (χ1) is 7.79. The van der Waals surface area contributed by atoms with E-state index in [9.17, 15) is 4.79 Å². The second kappa shape index (κ2) is 4.90. The summed E-state index contributed by atoms with van der Waals surface area (Å²) >= 11 is 3.43. The zero-order chi connectivity index (χ0) is 11.4. The van der Waals surface area contributed by atoms with E-state index >= 15 is 0 Å².